The van der Waals surface area contributed by atoms with E-state index in [1.165, 1.54) is 38.0 Å². The number of ether oxygens (including phenoxy) is 3. The van der Waals surface area contributed by atoms with Gasteiger partial charge in [-0.2, -0.15) is 0 Å². The van der Waals surface area contributed by atoms with Crippen LogP contribution >= 0.6 is 0 Å². The number of benzene rings is 1. The van der Waals surface area contributed by atoms with Crippen molar-refractivity contribution in [3.63, 3.8) is 0 Å². The van der Waals surface area contributed by atoms with Crippen LogP contribution in [-0.2, 0) is 11.8 Å². The van der Waals surface area contributed by atoms with Gasteiger partial charge in [-0.15, -0.1) is 5.10 Å². The van der Waals surface area contributed by atoms with Gasteiger partial charge in [-0.1, -0.05) is 0 Å². The molecule has 2 amide bonds. The van der Waals surface area contributed by atoms with Crippen LogP contribution in [0.25, 0.3) is 0 Å². The average Bonchev–Trinajstić information content (AvgIpc) is 3.01. The summed E-state index contributed by atoms with van der Waals surface area (Å²) in [4.78, 5) is 26.1. The Bertz CT molecular complexity index is 802. The molecule has 0 bridgehead atoms. The van der Waals surface area contributed by atoms with Crippen LogP contribution in [0.3, 0.4) is 0 Å². The molecule has 0 fully saturated rings. The molecule has 0 saturated heterocycles. The number of rotatable bonds is 7. The topological polar surface area (TPSA) is 94.9 Å². The molecule has 0 aliphatic carbocycles. The zero-order valence-corrected chi connectivity index (χ0v) is 15.4. The molecule has 0 radical (unpaired) electrons. The molecular formula is C17H22N4O5. The SMILES string of the molecule is COc1ccc(OC)c(NC(=O)CN(C)C(=O)c2cn(C)nc2OC)c1. The van der Waals surface area contributed by atoms with Crippen molar-refractivity contribution in [3.05, 3.63) is 30.0 Å². The number of carbonyl (C=O) groups is 2. The van der Waals surface area contributed by atoms with E-state index in [-0.39, 0.29) is 29.8 Å². The number of hydrogen-bond donors (Lipinski definition) is 1. The summed E-state index contributed by atoms with van der Waals surface area (Å²) in [7, 11) is 7.67. The minimum atomic E-state index is -0.379. The molecule has 0 aliphatic rings. The minimum absolute atomic E-state index is 0.156. The number of aromatic nitrogens is 2. The number of amides is 2. The summed E-state index contributed by atoms with van der Waals surface area (Å²) >= 11 is 0. The summed E-state index contributed by atoms with van der Waals surface area (Å²) in [6, 6.07) is 5.05. The number of anilines is 1. The van der Waals surface area contributed by atoms with Gasteiger partial charge in [-0.05, 0) is 12.1 Å². The Morgan fingerprint density at radius 2 is 1.92 bits per heavy atom. The third kappa shape index (κ3) is 4.24. The maximum Gasteiger partial charge on any atom is 0.261 e. The van der Waals surface area contributed by atoms with E-state index >= 15 is 0 Å². The highest BCUT2D eigenvalue weighted by Gasteiger charge is 2.22. The Morgan fingerprint density at radius 3 is 2.54 bits per heavy atom. The average molecular weight is 362 g/mol. The maximum absolute atomic E-state index is 12.5. The molecule has 140 valence electrons. The molecule has 26 heavy (non-hydrogen) atoms. The third-order valence-electron chi connectivity index (χ3n) is 3.63. The minimum Gasteiger partial charge on any atom is -0.497 e. The Kier molecular flexibility index (Phi) is 6.05. The number of aryl methyl sites for hydroxylation is 1. The molecule has 0 atom stereocenters. The van der Waals surface area contributed by atoms with Crippen LogP contribution in [0.2, 0.25) is 0 Å². The lowest BCUT2D eigenvalue weighted by Crippen LogP contribution is -2.35. The summed E-state index contributed by atoms with van der Waals surface area (Å²) in [6.07, 6.45) is 1.54. The molecule has 1 aromatic heterocycles. The van der Waals surface area contributed by atoms with Crippen molar-refractivity contribution >= 4 is 17.5 Å². The van der Waals surface area contributed by atoms with Gasteiger partial charge >= 0.3 is 0 Å². The molecular weight excluding hydrogens is 340 g/mol. The Balaban J connectivity index is 2.08. The number of hydrogen-bond acceptors (Lipinski definition) is 6. The van der Waals surface area contributed by atoms with E-state index in [1.54, 1.807) is 31.4 Å². The standard InChI is InChI=1S/C17H22N4O5/c1-20(17(23)12-9-21(2)19-16(12)26-5)10-15(22)18-13-8-11(24-3)6-7-14(13)25-4/h6-9H,10H2,1-5H3,(H,18,22). The summed E-state index contributed by atoms with van der Waals surface area (Å²) in [5, 5.41) is 6.75. The third-order valence-corrected chi connectivity index (χ3v) is 3.63. The predicted molar refractivity (Wildman–Crippen MR) is 94.9 cm³/mol. The Hall–Kier alpha value is -3.23. The first-order valence-corrected chi connectivity index (χ1v) is 7.74. The summed E-state index contributed by atoms with van der Waals surface area (Å²) < 4.78 is 16.9. The van der Waals surface area contributed by atoms with Crippen LogP contribution in [0.4, 0.5) is 5.69 Å². The van der Waals surface area contributed by atoms with Crippen molar-refractivity contribution in [1.82, 2.24) is 14.7 Å². The lowest BCUT2D eigenvalue weighted by Gasteiger charge is -2.17. The van der Waals surface area contributed by atoms with E-state index in [1.807, 2.05) is 0 Å². The van der Waals surface area contributed by atoms with Crippen LogP contribution in [-0.4, -0.2) is 61.4 Å². The number of carbonyl (C=O) groups excluding carboxylic acids is 2. The lowest BCUT2D eigenvalue weighted by molar-refractivity contribution is -0.116. The van der Waals surface area contributed by atoms with E-state index in [2.05, 4.69) is 10.4 Å². The first-order valence-electron chi connectivity index (χ1n) is 7.74. The van der Waals surface area contributed by atoms with Crippen LogP contribution < -0.4 is 19.5 Å². The first kappa shape index (κ1) is 19.1. The quantitative estimate of drug-likeness (QED) is 0.794. The Labute approximate surface area is 151 Å². The molecule has 0 unspecified atom stereocenters. The lowest BCUT2D eigenvalue weighted by atomic mass is 10.2. The van der Waals surface area contributed by atoms with Crippen molar-refractivity contribution in [1.29, 1.82) is 0 Å². The molecule has 9 nitrogen and oxygen atoms in total. The highest BCUT2D eigenvalue weighted by Crippen LogP contribution is 2.28. The maximum atomic E-state index is 12.5. The predicted octanol–water partition coefficient (Wildman–Crippen LogP) is 1.16. The Morgan fingerprint density at radius 1 is 1.19 bits per heavy atom. The van der Waals surface area contributed by atoms with Crippen LogP contribution in [0.5, 0.6) is 17.4 Å². The van der Waals surface area contributed by atoms with Crippen molar-refractivity contribution < 1.29 is 23.8 Å². The van der Waals surface area contributed by atoms with Crippen molar-refractivity contribution in [3.8, 4) is 17.4 Å². The molecule has 0 spiro atoms. The fourth-order valence-electron chi connectivity index (χ4n) is 2.36. The van der Waals surface area contributed by atoms with E-state index in [0.29, 0.717) is 17.2 Å². The second kappa shape index (κ2) is 8.24. The largest absolute Gasteiger partial charge is 0.497 e. The monoisotopic (exact) mass is 362 g/mol. The zero-order chi connectivity index (χ0) is 19.3. The van der Waals surface area contributed by atoms with E-state index in [9.17, 15) is 9.59 Å². The smallest absolute Gasteiger partial charge is 0.261 e. The van der Waals surface area contributed by atoms with Gasteiger partial charge in [0.05, 0.1) is 33.6 Å². The van der Waals surface area contributed by atoms with Crippen molar-refractivity contribution in [2.24, 2.45) is 7.05 Å². The van der Waals surface area contributed by atoms with Crippen LogP contribution in [0, 0.1) is 0 Å². The second-order valence-electron chi connectivity index (χ2n) is 5.50. The van der Waals surface area contributed by atoms with Crippen LogP contribution in [0.1, 0.15) is 10.4 Å². The fraction of sp³-hybridized carbons (Fsp3) is 0.353. The van der Waals surface area contributed by atoms with Gasteiger partial charge in [0.2, 0.25) is 11.8 Å². The number of nitrogens with zero attached hydrogens (tertiary/aromatic N) is 3. The molecule has 2 aromatic rings. The highest BCUT2D eigenvalue weighted by atomic mass is 16.5. The van der Waals surface area contributed by atoms with Gasteiger partial charge in [0.25, 0.3) is 5.91 Å². The molecule has 1 heterocycles. The number of methoxy groups -OCH3 is 3. The van der Waals surface area contributed by atoms with Gasteiger partial charge < -0.3 is 24.4 Å². The van der Waals surface area contributed by atoms with Gasteiger partial charge in [-0.3, -0.25) is 14.3 Å². The first-order chi connectivity index (χ1) is 12.4. The highest BCUT2D eigenvalue weighted by molar-refractivity contribution is 6.00. The van der Waals surface area contributed by atoms with Crippen molar-refractivity contribution in [2.45, 2.75) is 0 Å². The van der Waals surface area contributed by atoms with E-state index in [4.69, 9.17) is 14.2 Å². The summed E-state index contributed by atoms with van der Waals surface area (Å²) in [6.45, 7) is -0.156. The number of nitrogens with one attached hydrogen (secondary N) is 1. The normalized spacial score (nSPS) is 10.2. The molecule has 0 aliphatic heterocycles. The van der Waals surface area contributed by atoms with Gasteiger partial charge in [-0.25, -0.2) is 0 Å². The molecule has 2 rings (SSSR count). The van der Waals surface area contributed by atoms with Gasteiger partial charge in [0, 0.05) is 26.4 Å². The summed E-state index contributed by atoms with van der Waals surface area (Å²) in [5.41, 5.74) is 0.737. The summed E-state index contributed by atoms with van der Waals surface area (Å²) in [5.74, 6) is 0.518. The second-order valence-corrected chi connectivity index (χ2v) is 5.50. The molecule has 1 aromatic carbocycles. The van der Waals surface area contributed by atoms with Gasteiger partial charge in [0.15, 0.2) is 0 Å². The van der Waals surface area contributed by atoms with Crippen LogP contribution in [0.15, 0.2) is 24.4 Å². The van der Waals surface area contributed by atoms with E-state index in [0.717, 1.165) is 0 Å². The molecule has 0 saturated carbocycles. The van der Waals surface area contributed by atoms with E-state index < -0.39 is 0 Å². The fourth-order valence-corrected chi connectivity index (χ4v) is 2.36. The molecule has 1 N–H and O–H groups in total. The van der Waals surface area contributed by atoms with Gasteiger partial charge in [0.1, 0.15) is 17.1 Å². The molecule has 9 heteroatoms. The number of likely N-dealkylation sites (N-methyl/N-ethyl adjacent to an activating group) is 1. The zero-order valence-electron chi connectivity index (χ0n) is 15.4. The van der Waals surface area contributed by atoms with Crippen molar-refractivity contribution in [2.75, 3.05) is 40.2 Å².